The van der Waals surface area contributed by atoms with Crippen LogP contribution in [0.1, 0.15) is 5.56 Å². The molecule has 0 saturated carbocycles. The van der Waals surface area contributed by atoms with Gasteiger partial charge in [-0.1, -0.05) is 23.2 Å². The van der Waals surface area contributed by atoms with Crippen LogP contribution in [0.25, 0.3) is 0 Å². The highest BCUT2D eigenvalue weighted by molar-refractivity contribution is 7.99. The van der Waals surface area contributed by atoms with Crippen LogP contribution in [0.4, 0.5) is 0 Å². The fourth-order valence-corrected chi connectivity index (χ4v) is 2.35. The van der Waals surface area contributed by atoms with Gasteiger partial charge in [-0.2, -0.15) is 0 Å². The molecule has 0 atom stereocenters. The van der Waals surface area contributed by atoms with E-state index < -0.39 is 7.12 Å². The third-order valence-corrected chi connectivity index (χ3v) is 3.10. The number of hydrogen-bond donors (Lipinski definition) is 2. The van der Waals surface area contributed by atoms with Crippen LogP contribution in [-0.4, -0.2) is 23.4 Å². The molecule has 1 rings (SSSR count). The fraction of sp³-hybridized carbons (Fsp3) is 0.250. The highest BCUT2D eigenvalue weighted by atomic mass is 35.5. The molecule has 0 heterocycles. The smallest absolute Gasteiger partial charge is 0.423 e. The molecule has 1 aromatic carbocycles. The monoisotopic (exact) mass is 216 g/mol. The van der Waals surface area contributed by atoms with Gasteiger partial charge in [0.05, 0.1) is 5.02 Å². The predicted molar refractivity (Wildman–Crippen MR) is 57.8 cm³/mol. The van der Waals surface area contributed by atoms with Gasteiger partial charge >= 0.3 is 7.12 Å². The van der Waals surface area contributed by atoms with E-state index in [1.54, 1.807) is 12.1 Å². The Balaban J connectivity index is 3.35. The van der Waals surface area contributed by atoms with Crippen molar-refractivity contribution in [3.63, 3.8) is 0 Å². The van der Waals surface area contributed by atoms with E-state index in [-0.39, 0.29) is 0 Å². The Labute approximate surface area is 87.1 Å². The average molecular weight is 216 g/mol. The first-order valence-corrected chi connectivity index (χ1v) is 5.37. The lowest BCUT2D eigenvalue weighted by atomic mass is 9.77. The van der Waals surface area contributed by atoms with E-state index in [4.69, 9.17) is 21.6 Å². The molecular weight excluding hydrogens is 206 g/mol. The third kappa shape index (κ3) is 2.20. The number of thioether (sulfide) groups is 1. The van der Waals surface area contributed by atoms with E-state index >= 15 is 0 Å². The lowest BCUT2D eigenvalue weighted by Gasteiger charge is -2.11. The Bertz CT molecular complexity index is 317. The molecule has 0 spiro atoms. The summed E-state index contributed by atoms with van der Waals surface area (Å²) in [6.07, 6.45) is 1.85. The molecule has 0 aromatic heterocycles. The van der Waals surface area contributed by atoms with Crippen molar-refractivity contribution in [2.24, 2.45) is 0 Å². The van der Waals surface area contributed by atoms with Gasteiger partial charge in [0.15, 0.2) is 0 Å². The predicted octanol–water partition coefficient (Wildman–Crippen LogP) is 1.05. The molecule has 0 radical (unpaired) electrons. The number of aryl methyl sites for hydroxylation is 1. The second-order valence-corrected chi connectivity index (χ2v) is 3.91. The van der Waals surface area contributed by atoms with Gasteiger partial charge in [0.1, 0.15) is 0 Å². The summed E-state index contributed by atoms with van der Waals surface area (Å²) in [6, 6.07) is 3.53. The molecule has 2 nitrogen and oxygen atoms in total. The van der Waals surface area contributed by atoms with E-state index in [9.17, 15) is 0 Å². The van der Waals surface area contributed by atoms with Crippen LogP contribution in [0.15, 0.2) is 17.0 Å². The molecule has 70 valence electrons. The van der Waals surface area contributed by atoms with E-state index in [2.05, 4.69) is 0 Å². The first-order valence-electron chi connectivity index (χ1n) is 3.77. The Hall–Kier alpha value is -0.155. The van der Waals surface area contributed by atoms with Crippen LogP contribution in [0.2, 0.25) is 5.02 Å². The standard InChI is InChI=1S/C8H10BClO2S/c1-5-3-4-6(10)8(13-2)7(5)9(11)12/h3-4,11-12H,1-2H3. The van der Waals surface area contributed by atoms with Crippen molar-refractivity contribution >= 4 is 35.9 Å². The van der Waals surface area contributed by atoms with Crippen molar-refractivity contribution in [3.8, 4) is 0 Å². The quantitative estimate of drug-likeness (QED) is 0.573. The van der Waals surface area contributed by atoms with Crippen LogP contribution in [0.3, 0.4) is 0 Å². The molecule has 0 aliphatic heterocycles. The van der Waals surface area contributed by atoms with Gasteiger partial charge < -0.3 is 10.0 Å². The maximum atomic E-state index is 9.12. The second kappa shape index (κ2) is 4.37. The van der Waals surface area contributed by atoms with Crippen LogP contribution in [0, 0.1) is 6.92 Å². The largest absolute Gasteiger partial charge is 0.489 e. The molecule has 0 fully saturated rings. The van der Waals surface area contributed by atoms with Crippen molar-refractivity contribution in [2.75, 3.05) is 6.26 Å². The minimum atomic E-state index is -1.46. The van der Waals surface area contributed by atoms with Crippen LogP contribution in [0.5, 0.6) is 0 Å². The number of benzene rings is 1. The van der Waals surface area contributed by atoms with Gasteiger partial charge in [-0.15, -0.1) is 11.8 Å². The van der Waals surface area contributed by atoms with Gasteiger partial charge in [-0.05, 0) is 19.2 Å². The number of halogens is 1. The van der Waals surface area contributed by atoms with Crippen molar-refractivity contribution < 1.29 is 10.0 Å². The summed E-state index contributed by atoms with van der Waals surface area (Å²) in [5.41, 5.74) is 1.34. The van der Waals surface area contributed by atoms with Gasteiger partial charge in [-0.25, -0.2) is 0 Å². The minimum absolute atomic E-state index is 0.500. The molecular formula is C8H10BClO2S. The highest BCUT2D eigenvalue weighted by Crippen LogP contribution is 2.24. The molecule has 13 heavy (non-hydrogen) atoms. The zero-order valence-electron chi connectivity index (χ0n) is 7.41. The molecule has 2 N–H and O–H groups in total. The molecule has 0 bridgehead atoms. The van der Waals surface area contributed by atoms with E-state index in [1.807, 2.05) is 13.2 Å². The lowest BCUT2D eigenvalue weighted by molar-refractivity contribution is 0.424. The number of rotatable bonds is 2. The van der Waals surface area contributed by atoms with Crippen LogP contribution in [-0.2, 0) is 0 Å². The summed E-state index contributed by atoms with van der Waals surface area (Å²) in [5.74, 6) is 0. The van der Waals surface area contributed by atoms with E-state index in [0.717, 1.165) is 10.5 Å². The molecule has 1 aromatic rings. The fourth-order valence-electron chi connectivity index (χ4n) is 1.20. The lowest BCUT2D eigenvalue weighted by Crippen LogP contribution is -2.34. The van der Waals surface area contributed by atoms with E-state index in [1.165, 1.54) is 11.8 Å². The molecule has 0 unspecified atom stereocenters. The summed E-state index contributed by atoms with van der Waals surface area (Å²) >= 11 is 7.32. The summed E-state index contributed by atoms with van der Waals surface area (Å²) in [6.45, 7) is 1.82. The zero-order valence-corrected chi connectivity index (χ0v) is 8.99. The Morgan fingerprint density at radius 1 is 1.38 bits per heavy atom. The maximum Gasteiger partial charge on any atom is 0.489 e. The topological polar surface area (TPSA) is 40.5 Å². The summed E-state index contributed by atoms with van der Waals surface area (Å²) < 4.78 is 0. The van der Waals surface area contributed by atoms with Crippen molar-refractivity contribution in [2.45, 2.75) is 11.8 Å². The molecule has 0 saturated heterocycles. The highest BCUT2D eigenvalue weighted by Gasteiger charge is 2.20. The van der Waals surface area contributed by atoms with Gasteiger partial charge in [0.25, 0.3) is 0 Å². The SMILES string of the molecule is CSc1c(Cl)ccc(C)c1B(O)O. The Kier molecular flexibility index (Phi) is 3.68. The molecule has 0 aliphatic rings. The Morgan fingerprint density at radius 2 is 2.00 bits per heavy atom. The van der Waals surface area contributed by atoms with Crippen LogP contribution < -0.4 is 5.46 Å². The zero-order chi connectivity index (χ0) is 10.0. The van der Waals surface area contributed by atoms with Crippen molar-refractivity contribution in [3.05, 3.63) is 22.7 Å². The second-order valence-electron chi connectivity index (χ2n) is 2.68. The average Bonchev–Trinajstić information content (AvgIpc) is 2.07. The van der Waals surface area contributed by atoms with Crippen molar-refractivity contribution in [1.29, 1.82) is 0 Å². The Morgan fingerprint density at radius 3 is 2.38 bits per heavy atom. The first-order chi connectivity index (χ1) is 6.07. The summed E-state index contributed by atoms with van der Waals surface area (Å²) in [7, 11) is -1.46. The normalized spacial score (nSPS) is 10.2. The summed E-state index contributed by atoms with van der Waals surface area (Å²) in [5, 5.41) is 18.8. The minimum Gasteiger partial charge on any atom is -0.423 e. The first kappa shape index (κ1) is 10.9. The van der Waals surface area contributed by atoms with Crippen molar-refractivity contribution in [1.82, 2.24) is 0 Å². The van der Waals surface area contributed by atoms with E-state index in [0.29, 0.717) is 10.5 Å². The van der Waals surface area contributed by atoms with Crippen LogP contribution >= 0.6 is 23.4 Å². The summed E-state index contributed by atoms with van der Waals surface area (Å²) in [4.78, 5) is 0.733. The maximum absolute atomic E-state index is 9.12. The molecule has 0 aliphatic carbocycles. The molecule has 0 amide bonds. The van der Waals surface area contributed by atoms with Gasteiger partial charge in [0, 0.05) is 10.4 Å². The third-order valence-electron chi connectivity index (χ3n) is 1.83. The van der Waals surface area contributed by atoms with Gasteiger partial charge in [-0.3, -0.25) is 0 Å². The number of hydrogen-bond acceptors (Lipinski definition) is 3. The van der Waals surface area contributed by atoms with Gasteiger partial charge in [0.2, 0.25) is 0 Å². The molecule has 5 heteroatoms.